The fourth-order valence-corrected chi connectivity index (χ4v) is 4.38. The molecule has 1 aliphatic rings. The molecule has 0 aliphatic heterocycles. The minimum atomic E-state index is -3.22. The minimum Gasteiger partial charge on any atom is -0.378 e. The number of nitrogens with zero attached hydrogens (tertiary/aromatic N) is 1. The van der Waals surface area contributed by atoms with Gasteiger partial charge in [0.25, 0.3) is 0 Å². The average molecular weight is 541 g/mol. The van der Waals surface area contributed by atoms with E-state index in [9.17, 15) is 12.8 Å². The Hall–Kier alpha value is -0.940. The van der Waals surface area contributed by atoms with E-state index >= 15 is 0 Å². The first-order valence-electron chi connectivity index (χ1n) is 9.47. The number of guanidine groups is 1. The maximum Gasteiger partial charge on any atom is 0.191 e. The maximum atomic E-state index is 13.7. The first-order chi connectivity index (χ1) is 12.9. The molecule has 2 unspecified atom stereocenters. The molecule has 9 heteroatoms. The third kappa shape index (κ3) is 6.27. The van der Waals surface area contributed by atoms with Crippen molar-refractivity contribution in [3.05, 3.63) is 35.1 Å². The normalized spacial score (nSPS) is 23.7. The van der Waals surface area contributed by atoms with Crippen LogP contribution in [-0.4, -0.2) is 45.9 Å². The zero-order valence-corrected chi connectivity index (χ0v) is 21.2. The molecule has 1 aromatic carbocycles. The lowest BCUT2D eigenvalue weighted by Gasteiger charge is -2.59. The second-order valence-corrected chi connectivity index (χ2v) is 10.4. The molecule has 0 bridgehead atoms. The van der Waals surface area contributed by atoms with Crippen molar-refractivity contribution < 1.29 is 17.5 Å². The van der Waals surface area contributed by atoms with Gasteiger partial charge in [0.2, 0.25) is 0 Å². The standard InChI is InChI=1S/C20H32FN3O3S.HI/c1-7-22-18(24-17-11-20(4,27-5)19(17,2)3)23-12-15-10-16(21)9-8-14(15)13-28(6,25)26;/h8-10,17H,7,11-13H2,1-6H3,(H2,22,23,24);1H. The summed E-state index contributed by atoms with van der Waals surface area (Å²) < 4.78 is 42.7. The molecule has 166 valence electrons. The van der Waals surface area contributed by atoms with Crippen molar-refractivity contribution >= 4 is 39.8 Å². The van der Waals surface area contributed by atoms with Gasteiger partial charge >= 0.3 is 0 Å². The Balaban J connectivity index is 0.00000420. The van der Waals surface area contributed by atoms with Gasteiger partial charge in [-0.3, -0.25) is 0 Å². The van der Waals surface area contributed by atoms with Crippen LogP contribution in [0.1, 0.15) is 45.2 Å². The van der Waals surface area contributed by atoms with Crippen molar-refractivity contribution in [2.24, 2.45) is 10.4 Å². The Morgan fingerprint density at radius 1 is 1.31 bits per heavy atom. The lowest BCUT2D eigenvalue weighted by Crippen LogP contribution is -2.69. The number of ether oxygens (including phenoxy) is 1. The molecule has 1 aliphatic carbocycles. The van der Waals surface area contributed by atoms with Crippen molar-refractivity contribution in [2.45, 2.75) is 58.1 Å². The fourth-order valence-electron chi connectivity index (χ4n) is 3.54. The first kappa shape index (κ1) is 26.1. The smallest absolute Gasteiger partial charge is 0.191 e. The molecule has 0 aromatic heterocycles. The van der Waals surface area contributed by atoms with Gasteiger partial charge in [0.05, 0.1) is 17.9 Å². The molecule has 2 N–H and O–H groups in total. The van der Waals surface area contributed by atoms with Gasteiger partial charge in [-0.05, 0) is 43.5 Å². The van der Waals surface area contributed by atoms with E-state index in [0.29, 0.717) is 23.6 Å². The molecule has 0 amide bonds. The number of aliphatic imine (C=N–C) groups is 1. The minimum absolute atomic E-state index is 0. The molecule has 0 saturated heterocycles. The van der Waals surface area contributed by atoms with Crippen LogP contribution in [0.2, 0.25) is 0 Å². The molecule has 1 saturated carbocycles. The quantitative estimate of drug-likeness (QED) is 0.315. The fraction of sp³-hybridized carbons (Fsp3) is 0.650. The molecular weight excluding hydrogens is 508 g/mol. The number of methoxy groups -OCH3 is 1. The summed E-state index contributed by atoms with van der Waals surface area (Å²) in [7, 11) is -1.50. The summed E-state index contributed by atoms with van der Waals surface area (Å²) in [6.45, 7) is 9.24. The van der Waals surface area contributed by atoms with Gasteiger partial charge in [-0.1, -0.05) is 19.9 Å². The Morgan fingerprint density at radius 2 is 1.97 bits per heavy atom. The summed E-state index contributed by atoms with van der Waals surface area (Å²) >= 11 is 0. The van der Waals surface area contributed by atoms with E-state index in [2.05, 4.69) is 36.4 Å². The van der Waals surface area contributed by atoms with Gasteiger partial charge in [-0.15, -0.1) is 24.0 Å². The first-order valence-corrected chi connectivity index (χ1v) is 11.5. The largest absolute Gasteiger partial charge is 0.378 e. The zero-order valence-electron chi connectivity index (χ0n) is 18.0. The number of hydrogen-bond donors (Lipinski definition) is 2. The Labute approximate surface area is 191 Å². The molecule has 2 rings (SSSR count). The van der Waals surface area contributed by atoms with Crippen molar-refractivity contribution in [3.63, 3.8) is 0 Å². The number of sulfone groups is 1. The number of nitrogens with one attached hydrogen (secondary N) is 2. The van der Waals surface area contributed by atoms with Crippen LogP contribution in [0.15, 0.2) is 23.2 Å². The summed E-state index contributed by atoms with van der Waals surface area (Å²) in [4.78, 5) is 4.57. The van der Waals surface area contributed by atoms with Gasteiger partial charge in [0.15, 0.2) is 15.8 Å². The number of halogens is 2. The van der Waals surface area contributed by atoms with Gasteiger partial charge in [0.1, 0.15) is 5.82 Å². The topological polar surface area (TPSA) is 79.8 Å². The van der Waals surface area contributed by atoms with E-state index in [4.69, 9.17) is 4.74 Å². The van der Waals surface area contributed by atoms with E-state index in [1.807, 2.05) is 6.92 Å². The van der Waals surface area contributed by atoms with Crippen LogP contribution in [-0.2, 0) is 26.9 Å². The Morgan fingerprint density at radius 3 is 2.48 bits per heavy atom. The lowest BCUT2D eigenvalue weighted by atomic mass is 9.56. The van der Waals surface area contributed by atoms with Crippen molar-refractivity contribution in [3.8, 4) is 0 Å². The van der Waals surface area contributed by atoms with Crippen LogP contribution in [0.5, 0.6) is 0 Å². The second kappa shape index (κ2) is 9.91. The third-order valence-electron chi connectivity index (χ3n) is 5.93. The predicted molar refractivity (Wildman–Crippen MR) is 126 cm³/mol. The number of rotatable bonds is 7. The average Bonchev–Trinajstić information content (AvgIpc) is 2.59. The molecule has 0 spiro atoms. The Bertz CT molecular complexity index is 845. The highest BCUT2D eigenvalue weighted by atomic mass is 127. The van der Waals surface area contributed by atoms with Crippen molar-refractivity contribution in [2.75, 3.05) is 19.9 Å². The highest BCUT2D eigenvalue weighted by molar-refractivity contribution is 14.0. The van der Waals surface area contributed by atoms with E-state index in [1.165, 1.54) is 24.5 Å². The highest BCUT2D eigenvalue weighted by Gasteiger charge is 2.58. The van der Waals surface area contributed by atoms with Gasteiger partial charge < -0.3 is 15.4 Å². The monoisotopic (exact) mass is 541 g/mol. The molecule has 2 atom stereocenters. The van der Waals surface area contributed by atoms with Crippen molar-refractivity contribution in [1.29, 1.82) is 0 Å². The van der Waals surface area contributed by atoms with Crippen LogP contribution in [0.25, 0.3) is 0 Å². The summed E-state index contributed by atoms with van der Waals surface area (Å²) in [6, 6.07) is 4.32. The molecule has 1 aromatic rings. The zero-order chi connectivity index (χ0) is 21.2. The molecule has 6 nitrogen and oxygen atoms in total. The SMILES string of the molecule is CCNC(=NCc1cc(F)ccc1CS(C)(=O)=O)NC1CC(C)(OC)C1(C)C.I. The van der Waals surface area contributed by atoms with Gasteiger partial charge in [-0.25, -0.2) is 17.8 Å². The molecule has 0 heterocycles. The van der Waals surface area contributed by atoms with Crippen LogP contribution in [0, 0.1) is 11.2 Å². The van der Waals surface area contributed by atoms with Gasteiger partial charge in [-0.2, -0.15) is 0 Å². The molecular formula is C20H33FIN3O3S. The second-order valence-electron chi connectivity index (χ2n) is 8.24. The van der Waals surface area contributed by atoms with E-state index in [-0.39, 0.29) is 53.3 Å². The van der Waals surface area contributed by atoms with Crippen LogP contribution >= 0.6 is 24.0 Å². The molecule has 1 fully saturated rings. The summed E-state index contributed by atoms with van der Waals surface area (Å²) in [5.74, 6) is 0.0777. The van der Waals surface area contributed by atoms with Gasteiger partial charge in [0, 0.05) is 31.4 Å². The summed E-state index contributed by atoms with van der Waals surface area (Å²) in [6.07, 6.45) is 2.01. The van der Waals surface area contributed by atoms with Crippen LogP contribution in [0.4, 0.5) is 4.39 Å². The van der Waals surface area contributed by atoms with Crippen LogP contribution < -0.4 is 10.6 Å². The maximum absolute atomic E-state index is 13.7. The van der Waals surface area contributed by atoms with Crippen LogP contribution in [0.3, 0.4) is 0 Å². The lowest BCUT2D eigenvalue weighted by molar-refractivity contribution is -0.176. The molecule has 0 radical (unpaired) electrons. The predicted octanol–water partition coefficient (Wildman–Crippen LogP) is 3.25. The third-order valence-corrected chi connectivity index (χ3v) is 6.76. The summed E-state index contributed by atoms with van der Waals surface area (Å²) in [5, 5.41) is 6.64. The van der Waals surface area contributed by atoms with Crippen molar-refractivity contribution in [1.82, 2.24) is 10.6 Å². The Kier molecular flexibility index (Phi) is 8.92. The highest BCUT2D eigenvalue weighted by Crippen LogP contribution is 2.51. The number of hydrogen-bond acceptors (Lipinski definition) is 4. The van der Waals surface area contributed by atoms with E-state index in [0.717, 1.165) is 6.42 Å². The van der Waals surface area contributed by atoms with E-state index in [1.54, 1.807) is 7.11 Å². The molecule has 29 heavy (non-hydrogen) atoms. The van der Waals surface area contributed by atoms with E-state index < -0.39 is 15.7 Å². The number of benzene rings is 1. The summed E-state index contributed by atoms with van der Waals surface area (Å²) in [5.41, 5.74) is 0.850.